The number of nitro groups is 1. The number of aliphatic hydroxyl groups excluding tert-OH is 1. The average molecular weight is 288 g/mol. The van der Waals surface area contributed by atoms with Crippen molar-refractivity contribution in [3.05, 3.63) is 57.8 Å². The molecule has 4 N–H and O–H groups in total. The minimum Gasteiger partial charge on any atom is -0.392 e. The highest BCUT2D eigenvalue weighted by Crippen LogP contribution is 2.25. The fourth-order valence-electron chi connectivity index (χ4n) is 1.66. The van der Waals surface area contributed by atoms with E-state index in [9.17, 15) is 14.9 Å². The maximum absolute atomic E-state index is 11.1. The third-order valence-electron chi connectivity index (χ3n) is 2.72. The van der Waals surface area contributed by atoms with Crippen molar-refractivity contribution in [2.75, 3.05) is 5.32 Å². The van der Waals surface area contributed by atoms with Gasteiger partial charge < -0.3 is 16.2 Å². The van der Waals surface area contributed by atoms with Crippen LogP contribution in [-0.2, 0) is 6.61 Å². The van der Waals surface area contributed by atoms with E-state index in [0.29, 0.717) is 11.3 Å². The number of hydrogen-bond donors (Lipinski definition) is 3. The third-order valence-corrected chi connectivity index (χ3v) is 2.72. The van der Waals surface area contributed by atoms with Gasteiger partial charge in [0, 0.05) is 11.8 Å². The number of nitrogens with two attached hydrogens (primary N) is 1. The molecule has 0 aliphatic heterocycles. The van der Waals surface area contributed by atoms with Crippen LogP contribution in [0.2, 0.25) is 0 Å². The molecule has 0 fully saturated rings. The van der Waals surface area contributed by atoms with Gasteiger partial charge in [0.15, 0.2) is 0 Å². The number of hydrogen-bond acceptors (Lipinski definition) is 6. The number of benzene rings is 1. The topological polar surface area (TPSA) is 131 Å². The first-order valence-electron chi connectivity index (χ1n) is 5.93. The van der Waals surface area contributed by atoms with Crippen LogP contribution in [0, 0.1) is 10.1 Å². The molecule has 0 spiro atoms. The van der Waals surface area contributed by atoms with Crippen LogP contribution in [-0.4, -0.2) is 20.9 Å². The third kappa shape index (κ3) is 3.31. The fraction of sp³-hybridized carbons (Fsp3) is 0.0769. The van der Waals surface area contributed by atoms with Crippen molar-refractivity contribution in [2.24, 2.45) is 5.73 Å². The van der Waals surface area contributed by atoms with Crippen molar-refractivity contribution in [2.45, 2.75) is 6.61 Å². The van der Waals surface area contributed by atoms with E-state index in [4.69, 9.17) is 10.8 Å². The summed E-state index contributed by atoms with van der Waals surface area (Å²) in [6.07, 6.45) is 0. The maximum atomic E-state index is 11.1. The van der Waals surface area contributed by atoms with Crippen LogP contribution in [0.3, 0.4) is 0 Å². The standard InChI is InChI=1S/C13H12N4O4/c14-12(19)10-5-6-11(17(20)21)13(16-10)15-9-3-1-8(7-18)2-4-9/h1-6,18H,7H2,(H2,14,19)(H,15,16). The number of aliphatic hydroxyl groups is 1. The van der Waals surface area contributed by atoms with E-state index in [-0.39, 0.29) is 23.8 Å². The fourth-order valence-corrected chi connectivity index (χ4v) is 1.66. The second-order valence-corrected chi connectivity index (χ2v) is 4.17. The lowest BCUT2D eigenvalue weighted by atomic mass is 10.2. The number of aromatic nitrogens is 1. The molecule has 1 amide bonds. The summed E-state index contributed by atoms with van der Waals surface area (Å²) in [6.45, 7) is -0.101. The lowest BCUT2D eigenvalue weighted by molar-refractivity contribution is -0.384. The van der Waals surface area contributed by atoms with Gasteiger partial charge in [0.05, 0.1) is 11.5 Å². The van der Waals surface area contributed by atoms with Crippen molar-refractivity contribution in [1.82, 2.24) is 4.98 Å². The summed E-state index contributed by atoms with van der Waals surface area (Å²) in [5, 5.41) is 22.7. The summed E-state index contributed by atoms with van der Waals surface area (Å²) < 4.78 is 0. The minimum absolute atomic E-state index is 0.0740. The number of amides is 1. The van der Waals surface area contributed by atoms with Gasteiger partial charge in [0.25, 0.3) is 5.91 Å². The molecule has 108 valence electrons. The van der Waals surface area contributed by atoms with Gasteiger partial charge in [-0.05, 0) is 23.8 Å². The smallest absolute Gasteiger partial charge is 0.311 e. The Morgan fingerprint density at radius 3 is 2.48 bits per heavy atom. The van der Waals surface area contributed by atoms with Gasteiger partial charge in [-0.2, -0.15) is 0 Å². The van der Waals surface area contributed by atoms with Gasteiger partial charge in [0.2, 0.25) is 5.82 Å². The molecule has 2 aromatic rings. The monoisotopic (exact) mass is 288 g/mol. The van der Waals surface area contributed by atoms with E-state index >= 15 is 0 Å². The molecule has 0 radical (unpaired) electrons. The van der Waals surface area contributed by atoms with Crippen molar-refractivity contribution < 1.29 is 14.8 Å². The minimum atomic E-state index is -0.774. The Hall–Kier alpha value is -3.00. The van der Waals surface area contributed by atoms with Crippen LogP contribution in [0.1, 0.15) is 16.1 Å². The normalized spacial score (nSPS) is 10.1. The molecule has 1 aromatic carbocycles. The Morgan fingerprint density at radius 2 is 1.95 bits per heavy atom. The van der Waals surface area contributed by atoms with Gasteiger partial charge in [-0.1, -0.05) is 12.1 Å². The van der Waals surface area contributed by atoms with E-state index in [1.54, 1.807) is 24.3 Å². The highest BCUT2D eigenvalue weighted by Gasteiger charge is 2.17. The Bertz CT molecular complexity index is 685. The summed E-state index contributed by atoms with van der Waals surface area (Å²) >= 11 is 0. The molecule has 0 atom stereocenters. The molecule has 0 bridgehead atoms. The van der Waals surface area contributed by atoms with Crippen molar-refractivity contribution in [1.29, 1.82) is 0 Å². The van der Waals surface area contributed by atoms with Crippen LogP contribution >= 0.6 is 0 Å². The zero-order valence-electron chi connectivity index (χ0n) is 10.8. The summed E-state index contributed by atoms with van der Waals surface area (Å²) in [6, 6.07) is 8.94. The number of nitrogens with zero attached hydrogens (tertiary/aromatic N) is 2. The molecule has 8 heteroatoms. The summed E-state index contributed by atoms with van der Waals surface area (Å²) in [4.78, 5) is 25.3. The first-order valence-corrected chi connectivity index (χ1v) is 5.93. The van der Waals surface area contributed by atoms with Crippen molar-refractivity contribution in [3.63, 3.8) is 0 Å². The molecule has 0 unspecified atom stereocenters. The second kappa shape index (κ2) is 5.97. The Labute approximate surface area is 119 Å². The molecular weight excluding hydrogens is 276 g/mol. The number of anilines is 2. The van der Waals surface area contributed by atoms with Gasteiger partial charge >= 0.3 is 5.69 Å². The van der Waals surface area contributed by atoms with Gasteiger partial charge in [-0.25, -0.2) is 4.98 Å². The predicted molar refractivity (Wildman–Crippen MR) is 75.1 cm³/mol. The zero-order chi connectivity index (χ0) is 15.4. The number of primary amides is 1. The number of carbonyl (C=O) groups is 1. The van der Waals surface area contributed by atoms with E-state index in [0.717, 1.165) is 6.07 Å². The largest absolute Gasteiger partial charge is 0.392 e. The van der Waals surface area contributed by atoms with E-state index in [1.807, 2.05) is 0 Å². The molecule has 1 heterocycles. The lowest BCUT2D eigenvalue weighted by Crippen LogP contribution is -2.14. The van der Waals surface area contributed by atoms with Crippen molar-refractivity contribution in [3.8, 4) is 0 Å². The van der Waals surface area contributed by atoms with Crippen molar-refractivity contribution >= 4 is 23.1 Å². The van der Waals surface area contributed by atoms with E-state index in [1.165, 1.54) is 6.07 Å². The van der Waals surface area contributed by atoms with Crippen LogP contribution in [0.25, 0.3) is 0 Å². The Kier molecular flexibility index (Phi) is 4.10. The van der Waals surface area contributed by atoms with Crippen LogP contribution < -0.4 is 11.1 Å². The van der Waals surface area contributed by atoms with Gasteiger partial charge in [0.1, 0.15) is 5.69 Å². The van der Waals surface area contributed by atoms with Gasteiger partial charge in [-0.3, -0.25) is 14.9 Å². The SMILES string of the molecule is NC(=O)c1ccc([N+](=O)[O-])c(Nc2ccc(CO)cc2)n1. The zero-order valence-corrected chi connectivity index (χ0v) is 10.8. The van der Waals surface area contributed by atoms with E-state index in [2.05, 4.69) is 10.3 Å². The Balaban J connectivity index is 2.37. The summed E-state index contributed by atoms with van der Waals surface area (Å²) in [7, 11) is 0. The molecule has 0 saturated heterocycles. The highest BCUT2D eigenvalue weighted by atomic mass is 16.6. The number of rotatable bonds is 5. The summed E-state index contributed by atoms with van der Waals surface area (Å²) in [5.74, 6) is -0.850. The highest BCUT2D eigenvalue weighted by molar-refractivity contribution is 5.91. The Morgan fingerprint density at radius 1 is 1.29 bits per heavy atom. The molecule has 2 rings (SSSR count). The second-order valence-electron chi connectivity index (χ2n) is 4.17. The maximum Gasteiger partial charge on any atom is 0.311 e. The molecular formula is C13H12N4O4. The quantitative estimate of drug-likeness (QED) is 0.561. The first-order chi connectivity index (χ1) is 10.0. The van der Waals surface area contributed by atoms with Crippen LogP contribution in [0.15, 0.2) is 36.4 Å². The van der Waals surface area contributed by atoms with Gasteiger partial charge in [-0.15, -0.1) is 0 Å². The number of carbonyl (C=O) groups excluding carboxylic acids is 1. The molecule has 21 heavy (non-hydrogen) atoms. The summed E-state index contributed by atoms with van der Waals surface area (Å²) in [5.41, 5.74) is 6.00. The van der Waals surface area contributed by atoms with Crippen LogP contribution in [0.4, 0.5) is 17.2 Å². The molecule has 8 nitrogen and oxygen atoms in total. The number of nitrogens with one attached hydrogen (secondary N) is 1. The molecule has 0 aliphatic rings. The lowest BCUT2D eigenvalue weighted by Gasteiger charge is -2.07. The first kappa shape index (κ1) is 14.4. The molecule has 0 aliphatic carbocycles. The molecule has 0 saturated carbocycles. The average Bonchev–Trinajstić information content (AvgIpc) is 2.47. The van der Waals surface area contributed by atoms with Crippen LogP contribution in [0.5, 0.6) is 0 Å². The number of pyridine rings is 1. The predicted octanol–water partition coefficient (Wildman–Crippen LogP) is 1.32. The molecule has 1 aromatic heterocycles. The van der Waals surface area contributed by atoms with E-state index < -0.39 is 10.8 Å².